The molecule has 1 aromatic carbocycles. The number of hydrogen-bond donors (Lipinski definition) is 11. The monoisotopic (exact) mass is 993 g/mol. The summed E-state index contributed by atoms with van der Waals surface area (Å²) in [6, 6.07) is -2.62. The van der Waals surface area contributed by atoms with E-state index in [-0.39, 0.29) is 50.3 Å². The van der Waals surface area contributed by atoms with Crippen LogP contribution in [-0.4, -0.2) is 155 Å². The maximum atomic E-state index is 14.4. The van der Waals surface area contributed by atoms with E-state index < -0.39 is 126 Å². The second-order valence-corrected chi connectivity index (χ2v) is 19.1. The summed E-state index contributed by atoms with van der Waals surface area (Å²) in [6.07, 6.45) is -1.05. The van der Waals surface area contributed by atoms with Crippen LogP contribution in [0.4, 0.5) is 0 Å². The summed E-state index contributed by atoms with van der Waals surface area (Å²) >= 11 is 0. The number of aliphatic hydroxyl groups is 1. The van der Waals surface area contributed by atoms with E-state index in [2.05, 4.69) is 37.2 Å². The second kappa shape index (κ2) is 28.6. The molecule has 1 aromatic rings. The van der Waals surface area contributed by atoms with Crippen LogP contribution in [0.1, 0.15) is 78.2 Å². The highest BCUT2D eigenvalue weighted by molar-refractivity contribution is 8.76. The van der Waals surface area contributed by atoms with Crippen LogP contribution in [0.3, 0.4) is 0 Å². The lowest BCUT2D eigenvalue weighted by molar-refractivity contribution is -0.142. The Hall–Kier alpha value is -5.66. The number of amides is 10. The number of carbonyl (C=O) groups is 10. The van der Waals surface area contributed by atoms with E-state index >= 15 is 0 Å². The first kappa shape index (κ1) is 56.7. The Balaban J connectivity index is 1.99. The van der Waals surface area contributed by atoms with E-state index in [4.69, 9.17) is 21.9 Å². The third kappa shape index (κ3) is 18.1. The van der Waals surface area contributed by atoms with Gasteiger partial charge < -0.3 is 69.2 Å². The molecular weight excluding hydrogens is 927 g/mol. The molecule has 25 heteroatoms. The first-order valence-electron chi connectivity index (χ1n) is 22.6. The number of primary amides is 2. The number of nitrogens with one attached hydrogen (secondary N) is 7. The molecule has 3 rings (SSSR count). The van der Waals surface area contributed by atoms with Crippen molar-refractivity contribution < 1.29 is 57.8 Å². The molecule has 0 aromatic heterocycles. The van der Waals surface area contributed by atoms with Crippen molar-refractivity contribution in [3.8, 4) is 5.75 Å². The first-order chi connectivity index (χ1) is 32.3. The number of nitrogens with two attached hydrogens (primary N) is 3. The second-order valence-electron chi connectivity index (χ2n) is 16.5. The van der Waals surface area contributed by atoms with Crippen LogP contribution >= 0.6 is 21.6 Å². The fourth-order valence-electron chi connectivity index (χ4n) is 7.29. The molecule has 0 aliphatic carbocycles. The summed E-state index contributed by atoms with van der Waals surface area (Å²) in [5, 5.41) is 28.7. The predicted molar refractivity (Wildman–Crippen MR) is 253 cm³/mol. The van der Waals surface area contributed by atoms with Gasteiger partial charge >= 0.3 is 0 Å². The van der Waals surface area contributed by atoms with Crippen LogP contribution in [0, 0.1) is 5.92 Å². The van der Waals surface area contributed by atoms with Gasteiger partial charge in [-0.25, -0.2) is 0 Å². The Morgan fingerprint density at radius 1 is 0.868 bits per heavy atom. The molecule has 2 aliphatic heterocycles. The lowest BCUT2D eigenvalue weighted by Crippen LogP contribution is -2.63. The zero-order valence-electron chi connectivity index (χ0n) is 38.8. The molecule has 2 aliphatic rings. The molecule has 10 amide bonds. The van der Waals surface area contributed by atoms with E-state index in [1.165, 1.54) is 22.6 Å². The minimum absolute atomic E-state index is 0.0243. The van der Waals surface area contributed by atoms with Crippen molar-refractivity contribution in [3.63, 3.8) is 0 Å². The van der Waals surface area contributed by atoms with Gasteiger partial charge in [0.25, 0.3) is 0 Å². The van der Waals surface area contributed by atoms with Gasteiger partial charge in [-0.2, -0.15) is 0 Å². The Labute approximate surface area is 403 Å². The minimum Gasteiger partial charge on any atom is -0.494 e. The Morgan fingerprint density at radius 2 is 1.53 bits per heavy atom. The normalized spacial score (nSPS) is 23.8. The first-order valence-corrected chi connectivity index (χ1v) is 25.1. The average Bonchev–Trinajstić information content (AvgIpc) is 3.79. The highest BCUT2D eigenvalue weighted by Gasteiger charge is 2.41. The van der Waals surface area contributed by atoms with Crippen molar-refractivity contribution in [2.45, 2.75) is 127 Å². The molecule has 0 radical (unpaired) electrons. The lowest BCUT2D eigenvalue weighted by atomic mass is 9.96. The average molecular weight is 994 g/mol. The molecule has 2 heterocycles. The fourth-order valence-corrected chi connectivity index (χ4v) is 9.44. The largest absolute Gasteiger partial charge is 0.494 e. The van der Waals surface area contributed by atoms with E-state index in [0.29, 0.717) is 37.2 Å². The van der Waals surface area contributed by atoms with Crippen LogP contribution in [0.2, 0.25) is 0 Å². The number of ether oxygens (including phenoxy) is 1. The molecule has 3 unspecified atom stereocenters. The summed E-state index contributed by atoms with van der Waals surface area (Å²) in [7, 11) is 2.27. The van der Waals surface area contributed by atoms with Crippen LogP contribution in [-0.2, 0) is 54.4 Å². The summed E-state index contributed by atoms with van der Waals surface area (Å²) in [6.45, 7) is 6.72. The predicted octanol–water partition coefficient (Wildman–Crippen LogP) is -3.04. The summed E-state index contributed by atoms with van der Waals surface area (Å²) < 4.78 is 5.53. The van der Waals surface area contributed by atoms with Gasteiger partial charge in [-0.3, -0.25) is 47.9 Å². The number of nitrogens with zero attached hydrogens (tertiary/aromatic N) is 1. The van der Waals surface area contributed by atoms with Gasteiger partial charge in [0.1, 0.15) is 48.0 Å². The van der Waals surface area contributed by atoms with Gasteiger partial charge in [0.2, 0.25) is 59.1 Å². The summed E-state index contributed by atoms with van der Waals surface area (Å²) in [5.74, 6) is -8.07. The number of carbonyl (C=O) groups excluding carboxylic acids is 10. The van der Waals surface area contributed by atoms with Gasteiger partial charge in [-0.15, -0.1) is 0 Å². The Bertz CT molecular complexity index is 1950. The Kier molecular flexibility index (Phi) is 23.8. The maximum absolute atomic E-state index is 14.4. The maximum Gasteiger partial charge on any atom is 0.246 e. The quantitative estimate of drug-likeness (QED) is 0.0652. The molecule has 23 nitrogen and oxygen atoms in total. The standard InChI is InChI=1S/C43H67N11O12S2/c1-5-23(3)35-41(63)53-36(24(4)55)42(64)50-29(20-32(45)56)38(60)51-30(43(65)54-17-8-10-31(54)40(62)49-27(9-7-16-44)37(59)47-21-33(46)57)22-68-67-18-15-34(58)48-28(39(61)52-35)19-25-11-13-26(14-12-25)66-6-2/h11-14,23-24,27-31,35-36,55H,5-10,15-22,44H2,1-4H3,(H2,45,56)(H2,46,57)(H,47,59)(H,48,58)(H,49,62)(H,50,64)(H,51,60)(H,52,61)(H,53,63)/t23-,24+,27?,28+,29-,30-,31-,35?,36?/m0/s1. The third-order valence-electron chi connectivity index (χ3n) is 11.2. The zero-order valence-corrected chi connectivity index (χ0v) is 40.5. The zero-order chi connectivity index (χ0) is 50.5. The van der Waals surface area contributed by atoms with E-state index in [1.807, 2.05) is 6.92 Å². The molecule has 0 bridgehead atoms. The van der Waals surface area contributed by atoms with E-state index in [0.717, 1.165) is 10.8 Å². The van der Waals surface area contributed by atoms with Crippen LogP contribution < -0.4 is 59.2 Å². The number of rotatable bonds is 18. The number of hydrogen-bond acceptors (Lipinski definition) is 15. The van der Waals surface area contributed by atoms with Gasteiger partial charge in [0, 0.05) is 30.9 Å². The van der Waals surface area contributed by atoms with Gasteiger partial charge in [0.05, 0.1) is 25.7 Å². The smallest absolute Gasteiger partial charge is 0.246 e. The van der Waals surface area contributed by atoms with E-state index in [9.17, 15) is 53.1 Å². The number of benzene rings is 1. The topological polar surface area (TPSA) is 366 Å². The number of likely N-dealkylation sites (tertiary alicyclic amines) is 1. The van der Waals surface area contributed by atoms with Crippen molar-refractivity contribution in [1.29, 1.82) is 0 Å². The highest BCUT2D eigenvalue weighted by Crippen LogP contribution is 2.26. The minimum atomic E-state index is -1.74. The molecule has 0 saturated carbocycles. The van der Waals surface area contributed by atoms with Gasteiger partial charge in [-0.1, -0.05) is 54.0 Å². The van der Waals surface area contributed by atoms with Crippen molar-refractivity contribution >= 4 is 80.7 Å². The van der Waals surface area contributed by atoms with Crippen LogP contribution in [0.25, 0.3) is 0 Å². The van der Waals surface area contributed by atoms with Crippen molar-refractivity contribution in [2.24, 2.45) is 23.1 Å². The summed E-state index contributed by atoms with van der Waals surface area (Å²) in [5.41, 5.74) is 17.0. The van der Waals surface area contributed by atoms with Crippen LogP contribution in [0.5, 0.6) is 5.75 Å². The molecule has 2 saturated heterocycles. The van der Waals surface area contributed by atoms with Gasteiger partial charge in [-0.05, 0) is 69.7 Å². The SMILES string of the molecule is CCOc1ccc(C[C@H]2NC(=O)CCSSC[C@@H](C(=O)N3CCC[C@H]3C(=O)NC(CCCN)C(=O)NCC(N)=O)NC(=O)[C@H](CC(N)=O)NC(=O)C([C@@H](C)O)NC(=O)C([C@@H](C)CC)NC2=O)cc1. The fraction of sp³-hybridized carbons (Fsp3) is 0.628. The molecular formula is C43H67N11O12S2. The Morgan fingerprint density at radius 3 is 2.15 bits per heavy atom. The van der Waals surface area contributed by atoms with Gasteiger partial charge in [0.15, 0.2) is 0 Å². The lowest BCUT2D eigenvalue weighted by Gasteiger charge is -2.31. The van der Waals surface area contributed by atoms with Crippen LogP contribution in [0.15, 0.2) is 24.3 Å². The van der Waals surface area contributed by atoms with Crippen molar-refractivity contribution in [2.75, 3.05) is 37.7 Å². The molecule has 378 valence electrons. The molecule has 9 atom stereocenters. The number of aliphatic hydroxyl groups excluding tert-OH is 1. The van der Waals surface area contributed by atoms with Crippen molar-refractivity contribution in [3.05, 3.63) is 29.8 Å². The third-order valence-corrected chi connectivity index (χ3v) is 13.6. The summed E-state index contributed by atoms with van der Waals surface area (Å²) in [4.78, 5) is 135. The van der Waals surface area contributed by atoms with Crippen molar-refractivity contribution in [1.82, 2.24) is 42.1 Å². The molecule has 14 N–H and O–H groups in total. The molecule has 2 fully saturated rings. The molecule has 68 heavy (non-hydrogen) atoms. The highest BCUT2D eigenvalue weighted by atomic mass is 33.1. The van der Waals surface area contributed by atoms with E-state index in [1.54, 1.807) is 38.1 Å². The molecule has 0 spiro atoms.